The first-order valence-corrected chi connectivity index (χ1v) is 8.97. The lowest BCUT2D eigenvalue weighted by atomic mass is 10.4. The van der Waals surface area contributed by atoms with Crippen LogP contribution < -0.4 is 9.44 Å². The molecule has 1 aromatic carbocycles. The molecule has 2 N–H and O–H groups in total. The number of hydrogen-bond donors (Lipinski definition) is 2. The van der Waals surface area contributed by atoms with Crippen LogP contribution in [-0.4, -0.2) is 35.7 Å². The zero-order valence-corrected chi connectivity index (χ0v) is 12.3. The molecule has 0 spiro atoms. The zero-order chi connectivity index (χ0) is 15.0. The monoisotopic (exact) mass is 322 g/mol. The molecule has 6 nitrogen and oxygen atoms in total. The van der Waals surface area contributed by atoms with Crippen LogP contribution in [0, 0.1) is 11.7 Å². The van der Waals surface area contributed by atoms with Crippen molar-refractivity contribution in [2.24, 2.45) is 5.92 Å². The lowest BCUT2D eigenvalue weighted by Gasteiger charge is -2.06. The van der Waals surface area contributed by atoms with Gasteiger partial charge in [-0.25, -0.2) is 30.7 Å². The second-order valence-electron chi connectivity index (χ2n) is 4.59. The summed E-state index contributed by atoms with van der Waals surface area (Å²) in [4.78, 5) is -0.0485. The van der Waals surface area contributed by atoms with Crippen LogP contribution >= 0.6 is 0 Å². The van der Waals surface area contributed by atoms with E-state index in [1.807, 2.05) is 0 Å². The molecular formula is C11H15FN2O4S2. The maximum absolute atomic E-state index is 12.7. The van der Waals surface area contributed by atoms with E-state index in [0.29, 0.717) is 6.42 Å². The van der Waals surface area contributed by atoms with Crippen LogP contribution in [0.4, 0.5) is 4.39 Å². The molecular weight excluding hydrogens is 307 g/mol. The highest BCUT2D eigenvalue weighted by atomic mass is 32.2. The summed E-state index contributed by atoms with van der Waals surface area (Å²) in [6.07, 6.45) is 0.426. The van der Waals surface area contributed by atoms with Crippen molar-refractivity contribution in [3.63, 3.8) is 0 Å². The lowest BCUT2D eigenvalue weighted by Crippen LogP contribution is -2.29. The third kappa shape index (κ3) is 3.35. The molecule has 0 bridgehead atoms. The summed E-state index contributed by atoms with van der Waals surface area (Å²) in [6.45, 7) is 0.0469. The van der Waals surface area contributed by atoms with Crippen molar-refractivity contribution in [1.29, 1.82) is 0 Å². The minimum absolute atomic E-state index is 0.0469. The maximum Gasteiger partial charge on any atom is 0.240 e. The van der Waals surface area contributed by atoms with Crippen LogP contribution in [-0.2, 0) is 20.0 Å². The van der Waals surface area contributed by atoms with Gasteiger partial charge in [-0.05, 0) is 43.7 Å². The number of benzene rings is 1. The van der Waals surface area contributed by atoms with Gasteiger partial charge in [0.05, 0.1) is 10.1 Å². The van der Waals surface area contributed by atoms with Crippen LogP contribution in [0.2, 0.25) is 0 Å². The fourth-order valence-electron chi connectivity index (χ4n) is 1.88. The highest BCUT2D eigenvalue weighted by molar-refractivity contribution is 7.90. The Morgan fingerprint density at radius 1 is 1.20 bits per heavy atom. The predicted molar refractivity (Wildman–Crippen MR) is 71.5 cm³/mol. The van der Waals surface area contributed by atoms with Crippen LogP contribution in [0.15, 0.2) is 29.2 Å². The van der Waals surface area contributed by atoms with Gasteiger partial charge >= 0.3 is 0 Å². The van der Waals surface area contributed by atoms with Crippen molar-refractivity contribution in [2.45, 2.75) is 16.6 Å². The van der Waals surface area contributed by atoms with Crippen molar-refractivity contribution in [3.8, 4) is 0 Å². The first kappa shape index (κ1) is 15.4. The van der Waals surface area contributed by atoms with Gasteiger partial charge in [-0.2, -0.15) is 0 Å². The molecule has 9 heteroatoms. The zero-order valence-electron chi connectivity index (χ0n) is 10.7. The van der Waals surface area contributed by atoms with E-state index >= 15 is 0 Å². The van der Waals surface area contributed by atoms with Crippen molar-refractivity contribution in [2.75, 3.05) is 13.6 Å². The van der Waals surface area contributed by atoms with Gasteiger partial charge in [-0.1, -0.05) is 0 Å². The highest BCUT2D eigenvalue weighted by Gasteiger charge is 2.46. The number of sulfonamides is 2. The molecule has 2 atom stereocenters. The van der Waals surface area contributed by atoms with Gasteiger partial charge in [0.1, 0.15) is 5.82 Å². The summed E-state index contributed by atoms with van der Waals surface area (Å²) >= 11 is 0. The second kappa shape index (κ2) is 5.40. The molecule has 0 amide bonds. The Bertz CT molecular complexity index is 686. The molecule has 1 saturated carbocycles. The third-order valence-corrected chi connectivity index (χ3v) is 6.58. The van der Waals surface area contributed by atoms with Gasteiger partial charge in [0, 0.05) is 6.54 Å². The summed E-state index contributed by atoms with van der Waals surface area (Å²) in [5, 5.41) is -0.552. The largest absolute Gasteiger partial charge is 0.240 e. The van der Waals surface area contributed by atoms with Gasteiger partial charge < -0.3 is 0 Å². The molecule has 112 valence electrons. The molecule has 0 saturated heterocycles. The van der Waals surface area contributed by atoms with Gasteiger partial charge in [0.25, 0.3) is 0 Å². The van der Waals surface area contributed by atoms with Crippen LogP contribution in [0.1, 0.15) is 6.42 Å². The molecule has 2 unspecified atom stereocenters. The molecule has 1 fully saturated rings. The number of halogens is 1. The van der Waals surface area contributed by atoms with E-state index in [2.05, 4.69) is 9.44 Å². The van der Waals surface area contributed by atoms with Crippen LogP contribution in [0.25, 0.3) is 0 Å². The molecule has 1 aliphatic carbocycles. The Hall–Kier alpha value is -1.03. The van der Waals surface area contributed by atoms with E-state index in [1.54, 1.807) is 0 Å². The van der Waals surface area contributed by atoms with E-state index < -0.39 is 31.1 Å². The van der Waals surface area contributed by atoms with Crippen molar-refractivity contribution < 1.29 is 21.2 Å². The number of hydrogen-bond acceptors (Lipinski definition) is 4. The summed E-state index contributed by atoms with van der Waals surface area (Å²) in [6, 6.07) is 4.43. The molecule has 20 heavy (non-hydrogen) atoms. The molecule has 0 heterocycles. The normalized spacial score (nSPS) is 22.7. The molecule has 1 aliphatic rings. The summed E-state index contributed by atoms with van der Waals surface area (Å²) < 4.78 is 64.0. The third-order valence-electron chi connectivity index (χ3n) is 3.20. The number of nitrogens with one attached hydrogen (secondary N) is 2. The number of rotatable bonds is 6. The molecule has 1 aromatic rings. The average molecular weight is 322 g/mol. The fraction of sp³-hybridized carbons (Fsp3) is 0.455. The predicted octanol–water partition coefficient (Wildman–Crippen LogP) is 0.0417. The average Bonchev–Trinajstić information content (AvgIpc) is 3.17. The molecule has 0 aliphatic heterocycles. The SMILES string of the molecule is CNS(=O)(=O)C1CC1CNS(=O)(=O)c1ccc(F)cc1. The first-order valence-electron chi connectivity index (χ1n) is 5.94. The van der Waals surface area contributed by atoms with E-state index in [4.69, 9.17) is 0 Å². The van der Waals surface area contributed by atoms with Gasteiger partial charge in [0.15, 0.2) is 0 Å². The van der Waals surface area contributed by atoms with E-state index in [0.717, 1.165) is 24.3 Å². The van der Waals surface area contributed by atoms with Crippen LogP contribution in [0.5, 0.6) is 0 Å². The summed E-state index contributed by atoms with van der Waals surface area (Å²) in [5.41, 5.74) is 0. The van der Waals surface area contributed by atoms with E-state index in [-0.39, 0.29) is 17.4 Å². The molecule has 2 rings (SSSR count). The quantitative estimate of drug-likeness (QED) is 0.773. The summed E-state index contributed by atoms with van der Waals surface area (Å²) in [7, 11) is -5.76. The fourth-order valence-corrected chi connectivity index (χ4v) is 4.38. The molecule has 0 aromatic heterocycles. The first-order chi connectivity index (χ1) is 9.26. The maximum atomic E-state index is 12.7. The standard InChI is InChI=1S/C11H15FN2O4S2/c1-13-20(17,18)11-6-8(11)7-14-19(15,16)10-4-2-9(12)3-5-10/h2-5,8,11,13-14H,6-7H2,1H3. The van der Waals surface area contributed by atoms with Crippen molar-refractivity contribution >= 4 is 20.0 Å². The van der Waals surface area contributed by atoms with Crippen molar-refractivity contribution in [1.82, 2.24) is 9.44 Å². The van der Waals surface area contributed by atoms with E-state index in [1.165, 1.54) is 7.05 Å². The Kier molecular flexibility index (Phi) is 4.14. The Morgan fingerprint density at radius 2 is 1.80 bits per heavy atom. The van der Waals surface area contributed by atoms with Crippen LogP contribution in [0.3, 0.4) is 0 Å². The Labute approximate surface area is 117 Å². The Balaban J connectivity index is 1.97. The van der Waals surface area contributed by atoms with Gasteiger partial charge in [-0.15, -0.1) is 0 Å². The highest BCUT2D eigenvalue weighted by Crippen LogP contribution is 2.36. The van der Waals surface area contributed by atoms with Crippen molar-refractivity contribution in [3.05, 3.63) is 30.1 Å². The smallest absolute Gasteiger partial charge is 0.218 e. The molecule has 0 radical (unpaired) electrons. The van der Waals surface area contributed by atoms with Gasteiger partial charge in [-0.3, -0.25) is 0 Å². The minimum Gasteiger partial charge on any atom is -0.218 e. The van der Waals surface area contributed by atoms with E-state index in [9.17, 15) is 21.2 Å². The minimum atomic E-state index is -3.74. The topological polar surface area (TPSA) is 92.3 Å². The summed E-state index contributed by atoms with van der Waals surface area (Å²) in [5.74, 6) is -0.756. The second-order valence-corrected chi connectivity index (χ2v) is 8.46. The van der Waals surface area contributed by atoms with Gasteiger partial charge in [0.2, 0.25) is 20.0 Å². The Morgan fingerprint density at radius 3 is 2.35 bits per heavy atom. The lowest BCUT2D eigenvalue weighted by molar-refractivity contribution is 0.570.